The molecule has 0 unspecified atom stereocenters. The summed E-state index contributed by atoms with van der Waals surface area (Å²) in [7, 11) is 1.53. The van der Waals surface area contributed by atoms with Crippen molar-refractivity contribution in [3.63, 3.8) is 0 Å². The molecule has 102 valence electrons. The second kappa shape index (κ2) is 6.41. The molecule has 20 heavy (non-hydrogen) atoms. The van der Waals surface area contributed by atoms with Crippen LogP contribution in [0.25, 0.3) is 0 Å². The van der Waals surface area contributed by atoms with Crippen LogP contribution in [0.4, 0.5) is 5.69 Å². The van der Waals surface area contributed by atoms with Crippen molar-refractivity contribution in [2.45, 2.75) is 6.10 Å². The van der Waals surface area contributed by atoms with Crippen LogP contribution in [0.15, 0.2) is 23.3 Å². The van der Waals surface area contributed by atoms with Crippen LogP contribution in [-0.2, 0) is 4.74 Å². The summed E-state index contributed by atoms with van der Waals surface area (Å²) >= 11 is 0. The van der Waals surface area contributed by atoms with Crippen molar-refractivity contribution in [1.82, 2.24) is 0 Å². The first-order valence-electron chi connectivity index (χ1n) is 5.83. The van der Waals surface area contributed by atoms with E-state index in [1.807, 2.05) is 0 Å². The van der Waals surface area contributed by atoms with Gasteiger partial charge in [0.15, 0.2) is 11.5 Å². The molecule has 7 heteroatoms. The molecule has 1 aromatic carbocycles. The minimum Gasteiger partial charge on any atom is -0.493 e. The number of ether oxygens (including phenoxy) is 3. The van der Waals surface area contributed by atoms with E-state index < -0.39 is 0 Å². The first kappa shape index (κ1) is 13.7. The van der Waals surface area contributed by atoms with Crippen molar-refractivity contribution >= 4 is 11.4 Å². The summed E-state index contributed by atoms with van der Waals surface area (Å²) in [4.78, 5) is 0. The van der Waals surface area contributed by atoms with E-state index in [9.17, 15) is 0 Å². The fourth-order valence-corrected chi connectivity index (χ4v) is 1.49. The summed E-state index contributed by atoms with van der Waals surface area (Å²) < 4.78 is 15.9. The van der Waals surface area contributed by atoms with Gasteiger partial charge in [-0.25, -0.2) is 0 Å². The van der Waals surface area contributed by atoms with Crippen LogP contribution in [0, 0.1) is 22.7 Å². The number of hydrogen-bond acceptors (Lipinski definition) is 7. The van der Waals surface area contributed by atoms with Gasteiger partial charge in [-0.1, -0.05) is 0 Å². The first-order chi connectivity index (χ1) is 9.76. The van der Waals surface area contributed by atoms with E-state index in [1.165, 1.54) is 7.11 Å². The van der Waals surface area contributed by atoms with Crippen LogP contribution in [0.3, 0.4) is 0 Å². The smallest absolute Gasteiger partial charge is 0.237 e. The van der Waals surface area contributed by atoms with Gasteiger partial charge in [-0.05, 0) is 12.1 Å². The lowest BCUT2D eigenvalue weighted by atomic mass is 10.2. The van der Waals surface area contributed by atoms with Crippen LogP contribution < -0.4 is 14.9 Å². The standard InChI is InChI=1S/C13H12N4O3/c1-18-13-4-9(16-17-10(5-14)6-15)2-3-12(13)20-11-7-19-8-11/h2-4,11,16H,7-8H2,1H3. The molecule has 0 spiro atoms. The van der Waals surface area contributed by atoms with E-state index in [2.05, 4.69) is 10.5 Å². The molecule has 0 bridgehead atoms. The van der Waals surface area contributed by atoms with Gasteiger partial charge in [-0.15, -0.1) is 0 Å². The Morgan fingerprint density at radius 1 is 1.35 bits per heavy atom. The van der Waals surface area contributed by atoms with E-state index in [4.69, 9.17) is 24.7 Å². The zero-order valence-corrected chi connectivity index (χ0v) is 10.8. The average molecular weight is 272 g/mol. The van der Waals surface area contributed by atoms with Crippen LogP contribution in [0.2, 0.25) is 0 Å². The lowest BCUT2D eigenvalue weighted by molar-refractivity contribution is -0.0803. The molecule has 1 aliphatic heterocycles. The Morgan fingerprint density at radius 2 is 2.10 bits per heavy atom. The van der Waals surface area contributed by atoms with Crippen LogP contribution in [0.1, 0.15) is 0 Å². The minimum atomic E-state index is -0.254. The first-order valence-corrected chi connectivity index (χ1v) is 5.83. The fourth-order valence-electron chi connectivity index (χ4n) is 1.49. The predicted octanol–water partition coefficient (Wildman–Crippen LogP) is 1.29. The topological polar surface area (TPSA) is 99.7 Å². The Kier molecular flexibility index (Phi) is 4.38. The number of hydrogen-bond donors (Lipinski definition) is 1. The molecule has 1 aromatic rings. The third-order valence-corrected chi connectivity index (χ3v) is 2.57. The van der Waals surface area contributed by atoms with Gasteiger partial charge in [0.1, 0.15) is 18.2 Å². The van der Waals surface area contributed by atoms with E-state index in [0.29, 0.717) is 30.4 Å². The molecule has 0 aliphatic carbocycles. The normalized spacial score (nSPS) is 13.3. The quantitative estimate of drug-likeness (QED) is 0.640. The average Bonchev–Trinajstić information content (AvgIpc) is 2.44. The molecule has 0 radical (unpaired) electrons. The number of methoxy groups -OCH3 is 1. The van der Waals surface area contributed by atoms with Gasteiger partial charge in [0.2, 0.25) is 5.71 Å². The highest BCUT2D eigenvalue weighted by molar-refractivity contribution is 6.10. The van der Waals surface area contributed by atoms with E-state index >= 15 is 0 Å². The Balaban J connectivity index is 2.10. The monoisotopic (exact) mass is 272 g/mol. The maximum Gasteiger partial charge on any atom is 0.237 e. The summed E-state index contributed by atoms with van der Waals surface area (Å²) in [6.07, 6.45) is 0.0458. The number of anilines is 1. The molecule has 0 amide bonds. The van der Waals surface area contributed by atoms with Gasteiger partial charge in [-0.2, -0.15) is 15.6 Å². The van der Waals surface area contributed by atoms with E-state index in [0.717, 1.165) is 0 Å². The number of benzene rings is 1. The Morgan fingerprint density at radius 3 is 2.65 bits per heavy atom. The summed E-state index contributed by atoms with van der Waals surface area (Å²) in [5.74, 6) is 1.14. The number of nitriles is 2. The molecular formula is C13H12N4O3. The summed E-state index contributed by atoms with van der Waals surface area (Å²) in [6, 6.07) is 8.44. The molecule has 7 nitrogen and oxygen atoms in total. The molecular weight excluding hydrogens is 260 g/mol. The summed E-state index contributed by atoms with van der Waals surface area (Å²) in [5.41, 5.74) is 2.94. The molecule has 1 aliphatic rings. The van der Waals surface area contributed by atoms with Crippen molar-refractivity contribution in [1.29, 1.82) is 10.5 Å². The highest BCUT2D eigenvalue weighted by Gasteiger charge is 2.21. The van der Waals surface area contributed by atoms with Crippen molar-refractivity contribution in [3.05, 3.63) is 18.2 Å². The number of hydrazone groups is 1. The fraction of sp³-hybridized carbons (Fsp3) is 0.308. The maximum atomic E-state index is 8.58. The molecule has 2 rings (SSSR count). The second-order valence-electron chi connectivity index (χ2n) is 3.94. The number of nitrogens with one attached hydrogen (secondary N) is 1. The Bertz CT molecular complexity index is 581. The maximum absolute atomic E-state index is 8.58. The molecule has 0 saturated carbocycles. The summed E-state index contributed by atoms with van der Waals surface area (Å²) in [6.45, 7) is 1.14. The van der Waals surface area contributed by atoms with Crippen LogP contribution in [-0.4, -0.2) is 32.1 Å². The van der Waals surface area contributed by atoms with E-state index in [1.54, 1.807) is 30.3 Å². The van der Waals surface area contributed by atoms with Gasteiger partial charge < -0.3 is 14.2 Å². The highest BCUT2D eigenvalue weighted by atomic mass is 16.6. The van der Waals surface area contributed by atoms with Gasteiger partial charge in [0, 0.05) is 6.07 Å². The van der Waals surface area contributed by atoms with Crippen molar-refractivity contribution in [2.75, 3.05) is 25.7 Å². The van der Waals surface area contributed by atoms with Crippen molar-refractivity contribution < 1.29 is 14.2 Å². The second-order valence-corrected chi connectivity index (χ2v) is 3.94. The molecule has 1 heterocycles. The third kappa shape index (κ3) is 3.16. The zero-order chi connectivity index (χ0) is 14.4. The lowest BCUT2D eigenvalue weighted by Gasteiger charge is -2.27. The van der Waals surface area contributed by atoms with Crippen LogP contribution in [0.5, 0.6) is 11.5 Å². The van der Waals surface area contributed by atoms with Gasteiger partial charge in [-0.3, -0.25) is 5.43 Å². The predicted molar refractivity (Wildman–Crippen MR) is 70.5 cm³/mol. The minimum absolute atomic E-state index is 0.0458. The van der Waals surface area contributed by atoms with Crippen molar-refractivity contribution in [3.8, 4) is 23.6 Å². The third-order valence-electron chi connectivity index (χ3n) is 2.57. The largest absolute Gasteiger partial charge is 0.493 e. The number of nitrogens with zero attached hydrogens (tertiary/aromatic N) is 3. The number of rotatable bonds is 5. The van der Waals surface area contributed by atoms with Gasteiger partial charge in [0.25, 0.3) is 0 Å². The summed E-state index contributed by atoms with van der Waals surface area (Å²) in [5, 5.41) is 20.8. The highest BCUT2D eigenvalue weighted by Crippen LogP contribution is 2.31. The van der Waals surface area contributed by atoms with Crippen molar-refractivity contribution in [2.24, 2.45) is 5.10 Å². The molecule has 1 N–H and O–H groups in total. The lowest BCUT2D eigenvalue weighted by Crippen LogP contribution is -2.38. The van der Waals surface area contributed by atoms with Crippen LogP contribution >= 0.6 is 0 Å². The SMILES string of the molecule is COc1cc(NN=C(C#N)C#N)ccc1OC1COC1. The molecule has 1 saturated heterocycles. The zero-order valence-electron chi connectivity index (χ0n) is 10.8. The van der Waals surface area contributed by atoms with Gasteiger partial charge >= 0.3 is 0 Å². The Labute approximate surface area is 116 Å². The van der Waals surface area contributed by atoms with Gasteiger partial charge in [0.05, 0.1) is 26.0 Å². The molecule has 0 atom stereocenters. The Hall–Kier alpha value is -2.77. The molecule has 0 aromatic heterocycles. The molecule has 1 fully saturated rings. The van der Waals surface area contributed by atoms with E-state index in [-0.39, 0.29) is 11.8 Å².